The van der Waals surface area contributed by atoms with E-state index in [0.29, 0.717) is 23.6 Å². The smallest absolute Gasteiger partial charge is 0.387 e. The molecule has 2 heterocycles. The molecule has 240 valence electrons. The second-order valence-electron chi connectivity index (χ2n) is 11.0. The van der Waals surface area contributed by atoms with Crippen LogP contribution < -0.4 is 20.1 Å². The van der Waals surface area contributed by atoms with Crippen LogP contribution in [-0.2, 0) is 11.3 Å². The molecule has 1 aliphatic heterocycles. The summed E-state index contributed by atoms with van der Waals surface area (Å²) in [6, 6.07) is 21.0. The minimum atomic E-state index is -3.03. The lowest BCUT2D eigenvalue weighted by Crippen LogP contribution is -2.28. The maximum Gasteiger partial charge on any atom is 0.387 e. The van der Waals surface area contributed by atoms with E-state index < -0.39 is 25.1 Å². The van der Waals surface area contributed by atoms with Gasteiger partial charge in [0.1, 0.15) is 11.6 Å². The van der Waals surface area contributed by atoms with Gasteiger partial charge < -0.3 is 30.3 Å². The highest BCUT2D eigenvalue weighted by atomic mass is 19.3. The molecule has 5 rings (SSSR count). The van der Waals surface area contributed by atoms with Crippen molar-refractivity contribution in [3.05, 3.63) is 89.0 Å². The number of pyridine rings is 1. The summed E-state index contributed by atoms with van der Waals surface area (Å²) >= 11 is 0. The molecule has 4 aromatic rings. The first kappa shape index (κ1) is 32.5. The summed E-state index contributed by atoms with van der Waals surface area (Å²) in [4.78, 5) is 20.1. The Kier molecular flexibility index (Phi) is 10.2. The molecule has 1 aliphatic rings. The van der Waals surface area contributed by atoms with Gasteiger partial charge in [-0.15, -0.1) is 0 Å². The molecule has 0 amide bonds. The van der Waals surface area contributed by atoms with Crippen LogP contribution in [0.4, 0.5) is 8.78 Å². The minimum Gasteiger partial charge on any atom is -0.481 e. The highest BCUT2D eigenvalue weighted by Crippen LogP contribution is 2.38. The van der Waals surface area contributed by atoms with Crippen LogP contribution in [0, 0.1) is 13.8 Å². The van der Waals surface area contributed by atoms with Crippen molar-refractivity contribution in [3.63, 3.8) is 0 Å². The van der Waals surface area contributed by atoms with Crippen LogP contribution in [0.1, 0.15) is 28.7 Å². The molecule has 4 N–H and O–H groups in total. The number of hydrogen-bond acceptors (Lipinski definition) is 8. The number of alkyl halides is 2. The molecule has 0 fully saturated rings. The third-order valence-corrected chi connectivity index (χ3v) is 7.92. The van der Waals surface area contributed by atoms with Gasteiger partial charge in [0.25, 0.3) is 0 Å². The zero-order valence-corrected chi connectivity index (χ0v) is 25.8. The van der Waals surface area contributed by atoms with Crippen LogP contribution >= 0.6 is 0 Å². The summed E-state index contributed by atoms with van der Waals surface area (Å²) in [7, 11) is 1.59. The van der Waals surface area contributed by atoms with Gasteiger partial charge >= 0.3 is 12.6 Å². The van der Waals surface area contributed by atoms with E-state index in [0.717, 1.165) is 57.0 Å². The van der Waals surface area contributed by atoms with Crippen LogP contribution in [-0.4, -0.2) is 66.5 Å². The summed E-state index contributed by atoms with van der Waals surface area (Å²) in [5.74, 6) is 0.136. The number of aliphatic carboxylic acids is 1. The maximum absolute atomic E-state index is 13.4. The molecule has 11 heteroatoms. The average molecular weight is 631 g/mol. The Morgan fingerprint density at radius 3 is 2.33 bits per heavy atom. The number of nitrogens with zero attached hydrogens (tertiary/aromatic N) is 2. The van der Waals surface area contributed by atoms with Gasteiger partial charge in [-0.25, -0.2) is 4.98 Å². The number of aliphatic hydroxyl groups is 1. The first-order valence-electron chi connectivity index (χ1n) is 14.9. The van der Waals surface area contributed by atoms with E-state index in [1.54, 1.807) is 19.2 Å². The molecule has 0 saturated carbocycles. The average Bonchev–Trinajstić information content (AvgIpc) is 3.56. The monoisotopic (exact) mass is 630 g/mol. The maximum atomic E-state index is 13.4. The number of hydrogen-bond donors (Lipinski definition) is 4. The zero-order valence-electron chi connectivity index (χ0n) is 25.8. The van der Waals surface area contributed by atoms with Gasteiger partial charge in [0.05, 0.1) is 37.4 Å². The third kappa shape index (κ3) is 7.32. The van der Waals surface area contributed by atoms with Gasteiger partial charge in [-0.3, -0.25) is 9.79 Å². The lowest BCUT2D eigenvalue weighted by molar-refractivity contribution is -0.139. The lowest BCUT2D eigenvalue weighted by atomic mass is 9.88. The molecular weight excluding hydrogens is 594 g/mol. The van der Waals surface area contributed by atoms with E-state index in [1.165, 1.54) is 0 Å². The number of carbonyl (C=O) groups is 1. The number of amidine groups is 1. The van der Waals surface area contributed by atoms with E-state index in [9.17, 15) is 18.7 Å². The van der Waals surface area contributed by atoms with Gasteiger partial charge in [0.15, 0.2) is 0 Å². The van der Waals surface area contributed by atoms with Crippen LogP contribution in [0.2, 0.25) is 0 Å². The fraction of sp³-hybridized carbons (Fsp3) is 0.286. The molecule has 0 unspecified atom stereocenters. The predicted octanol–water partition coefficient (Wildman–Crippen LogP) is 5.58. The van der Waals surface area contributed by atoms with Gasteiger partial charge in [0.2, 0.25) is 5.88 Å². The van der Waals surface area contributed by atoms with E-state index in [1.807, 2.05) is 68.4 Å². The highest BCUT2D eigenvalue weighted by molar-refractivity contribution is 6.02. The molecule has 0 aliphatic carbocycles. The number of benzene rings is 3. The number of halogens is 2. The molecular formula is C35H36F2N4O5. The highest BCUT2D eigenvalue weighted by Gasteiger charge is 2.19. The minimum absolute atomic E-state index is 0.00191. The van der Waals surface area contributed by atoms with Crippen LogP contribution in [0.5, 0.6) is 11.6 Å². The Bertz CT molecular complexity index is 1760. The van der Waals surface area contributed by atoms with Crippen LogP contribution in [0.3, 0.4) is 0 Å². The Morgan fingerprint density at radius 1 is 0.978 bits per heavy atom. The largest absolute Gasteiger partial charge is 0.481 e. The Morgan fingerprint density at radius 2 is 1.67 bits per heavy atom. The third-order valence-electron chi connectivity index (χ3n) is 7.92. The van der Waals surface area contributed by atoms with Gasteiger partial charge in [0, 0.05) is 30.8 Å². The van der Waals surface area contributed by atoms with Crippen molar-refractivity contribution in [1.82, 2.24) is 15.6 Å². The van der Waals surface area contributed by atoms with Crippen molar-refractivity contribution in [3.8, 4) is 45.1 Å². The number of nitrogens with one attached hydrogen (secondary N) is 2. The summed E-state index contributed by atoms with van der Waals surface area (Å²) in [5.41, 5.74) is 8.51. The fourth-order valence-electron chi connectivity index (χ4n) is 5.67. The lowest BCUT2D eigenvalue weighted by Gasteiger charge is -2.18. The van der Waals surface area contributed by atoms with E-state index in [-0.39, 0.29) is 18.8 Å². The number of aliphatic imine (C=N–C) groups is 1. The summed E-state index contributed by atoms with van der Waals surface area (Å²) in [5, 5.41) is 24.8. The zero-order chi connectivity index (χ0) is 32.8. The molecule has 1 aromatic heterocycles. The molecule has 0 spiro atoms. The van der Waals surface area contributed by atoms with E-state index in [2.05, 4.69) is 15.6 Å². The van der Waals surface area contributed by atoms with Crippen molar-refractivity contribution in [1.29, 1.82) is 0 Å². The Hall–Kier alpha value is -4.87. The van der Waals surface area contributed by atoms with Crippen molar-refractivity contribution in [2.75, 3.05) is 26.7 Å². The van der Waals surface area contributed by atoms with Crippen molar-refractivity contribution >= 4 is 11.8 Å². The van der Waals surface area contributed by atoms with Crippen LogP contribution in [0.15, 0.2) is 71.7 Å². The number of carboxylic acid groups (broad SMARTS) is 1. The molecule has 0 saturated heterocycles. The van der Waals surface area contributed by atoms with Crippen molar-refractivity contribution in [2.24, 2.45) is 4.99 Å². The summed E-state index contributed by atoms with van der Waals surface area (Å²) < 4.78 is 37.3. The number of rotatable bonds is 13. The van der Waals surface area contributed by atoms with Gasteiger partial charge in [-0.05, 0) is 65.4 Å². The molecule has 3 aromatic carbocycles. The van der Waals surface area contributed by atoms with Crippen LogP contribution in [0.25, 0.3) is 33.5 Å². The Balaban J connectivity index is 1.46. The van der Waals surface area contributed by atoms with Crippen molar-refractivity contribution in [2.45, 2.75) is 39.5 Å². The molecule has 1 atom stereocenters. The number of ether oxygens (including phenoxy) is 2. The second-order valence-corrected chi connectivity index (χ2v) is 11.0. The predicted molar refractivity (Wildman–Crippen MR) is 173 cm³/mol. The first-order chi connectivity index (χ1) is 22.2. The summed E-state index contributed by atoms with van der Waals surface area (Å²) in [6.45, 7) is 2.59. The number of aliphatic hydroxyl groups excluding tert-OH is 1. The first-order valence-corrected chi connectivity index (χ1v) is 14.9. The molecule has 0 bridgehead atoms. The molecule has 9 nitrogen and oxygen atoms in total. The normalized spacial score (nSPS) is 13.3. The summed E-state index contributed by atoms with van der Waals surface area (Å²) in [6.07, 6.45) is -1.53. The quantitative estimate of drug-likeness (QED) is 0.151. The second kappa shape index (κ2) is 14.5. The molecule has 46 heavy (non-hydrogen) atoms. The number of methoxy groups -OCH3 is 1. The number of carboxylic acids is 1. The Labute approximate surface area is 265 Å². The van der Waals surface area contributed by atoms with Gasteiger partial charge in [-0.2, -0.15) is 8.78 Å². The fourth-order valence-corrected chi connectivity index (χ4v) is 5.67. The topological polar surface area (TPSA) is 125 Å². The van der Waals surface area contributed by atoms with Gasteiger partial charge in [-0.1, -0.05) is 48.5 Å². The van der Waals surface area contributed by atoms with E-state index >= 15 is 0 Å². The van der Waals surface area contributed by atoms with Crippen molar-refractivity contribution < 1.29 is 33.3 Å². The standard InChI is InChI=1S/C35H36F2N4O5/c1-20-25(22-10-11-23(31(16-22)46-35(36)37)18-38-19-24(42)17-32(43)44)6-4-7-26(20)27-8-5-9-28(21(27)2)30-13-12-29(34(41-30)45-3)33-39-14-15-40-33/h4-13,16,24,35,38,42H,14-15,17-19H2,1-3H3,(H,39,40)(H,43,44)/t24-/m0/s1. The SMILES string of the molecule is COc1nc(-c2cccc(-c3cccc(-c4ccc(CNC[C@@H](O)CC(=O)O)c(OC(F)F)c4)c3C)c2C)ccc1C1=NCCN1. The van der Waals surface area contributed by atoms with E-state index in [4.69, 9.17) is 19.6 Å². The number of aromatic nitrogens is 1. The molecule has 0 radical (unpaired) electrons.